The summed E-state index contributed by atoms with van der Waals surface area (Å²) in [6, 6.07) is 123. The van der Waals surface area contributed by atoms with Crippen LogP contribution in [0.4, 0.5) is 34.1 Å². The molecule has 3 aromatic heterocycles. The third-order valence-corrected chi connectivity index (χ3v) is 24.3. The topological polar surface area (TPSA) is 6.48 Å². The van der Waals surface area contributed by atoms with Crippen molar-refractivity contribution in [2.75, 3.05) is 9.80 Å². The van der Waals surface area contributed by atoms with Gasteiger partial charge in [-0.1, -0.05) is 243 Å². The van der Waals surface area contributed by atoms with Gasteiger partial charge in [0.15, 0.2) is 0 Å². The normalized spacial score (nSPS) is 13.4. The zero-order chi connectivity index (χ0) is 64.4. The number of rotatable bonds is 11. The second-order valence-corrected chi connectivity index (χ2v) is 29.3. The van der Waals surface area contributed by atoms with Gasteiger partial charge in [0.05, 0.1) is 28.2 Å². The molecule has 0 spiro atoms. The smallest absolute Gasteiger partial charge is 0.0677 e. The molecule has 0 N–H and O–H groups in total. The Hall–Kier alpha value is -11.4. The fourth-order valence-corrected chi connectivity index (χ4v) is 19.8. The van der Waals surface area contributed by atoms with Gasteiger partial charge in [-0.15, -0.1) is 34.0 Å². The number of hydrogen-bond donors (Lipinski definition) is 0. The molecule has 0 aliphatic heterocycles. The van der Waals surface area contributed by atoms with E-state index in [1.54, 1.807) is 0 Å². The Balaban J connectivity index is 0.736. The summed E-state index contributed by atoms with van der Waals surface area (Å²) in [5, 5.41) is 12.5. The molecule has 5 heteroatoms. The van der Waals surface area contributed by atoms with Crippen molar-refractivity contribution in [3.8, 4) is 33.4 Å². The van der Waals surface area contributed by atoms with Gasteiger partial charge in [0.2, 0.25) is 0 Å². The van der Waals surface area contributed by atoms with E-state index in [1.165, 1.54) is 149 Å². The van der Waals surface area contributed by atoms with Crippen LogP contribution in [-0.4, -0.2) is 0 Å². The third kappa shape index (κ3) is 8.90. The second kappa shape index (κ2) is 22.9. The second-order valence-electron chi connectivity index (χ2n) is 26.0. The van der Waals surface area contributed by atoms with E-state index in [0.717, 1.165) is 47.0 Å². The highest BCUT2D eigenvalue weighted by molar-refractivity contribution is 7.26. The molecule has 0 saturated heterocycles. The molecule has 0 amide bonds. The lowest BCUT2D eigenvalue weighted by Gasteiger charge is -2.37. The lowest BCUT2D eigenvalue weighted by atomic mass is 9.65. The Labute approximate surface area is 580 Å². The lowest BCUT2D eigenvalue weighted by Crippen LogP contribution is -2.30. The van der Waals surface area contributed by atoms with E-state index in [2.05, 4.69) is 350 Å². The Kier molecular flexibility index (Phi) is 13.3. The molecule has 3 heterocycles. The number of benzene rings is 15. The van der Waals surface area contributed by atoms with E-state index < -0.39 is 5.41 Å². The molecule has 2 nitrogen and oxygen atoms in total. The van der Waals surface area contributed by atoms with Crippen LogP contribution in [0.1, 0.15) is 35.1 Å². The highest BCUT2D eigenvalue weighted by atomic mass is 32.1. The van der Waals surface area contributed by atoms with Crippen molar-refractivity contribution in [3.05, 3.63) is 368 Å². The number of fused-ring (bicyclic) bond motifs is 13. The van der Waals surface area contributed by atoms with E-state index >= 15 is 0 Å². The number of para-hydroxylation sites is 2. The molecule has 18 aromatic rings. The minimum Gasteiger partial charge on any atom is -0.309 e. The lowest BCUT2D eigenvalue weighted by molar-refractivity contribution is 0.696. The molecule has 0 bridgehead atoms. The maximum absolute atomic E-state index is 2.57. The van der Waals surface area contributed by atoms with Crippen molar-refractivity contribution in [3.63, 3.8) is 0 Å². The largest absolute Gasteiger partial charge is 0.309 e. The van der Waals surface area contributed by atoms with Crippen LogP contribution in [0.15, 0.2) is 345 Å². The first kappa shape index (κ1) is 56.9. The van der Waals surface area contributed by atoms with E-state index in [4.69, 9.17) is 0 Å². The minimum atomic E-state index is -0.497. The summed E-state index contributed by atoms with van der Waals surface area (Å²) in [7, 11) is 0. The van der Waals surface area contributed by atoms with Gasteiger partial charge >= 0.3 is 0 Å². The van der Waals surface area contributed by atoms with Crippen LogP contribution in [0.5, 0.6) is 0 Å². The van der Waals surface area contributed by atoms with Crippen LogP contribution in [0, 0.1) is 0 Å². The Morgan fingerprint density at radius 1 is 0.276 bits per heavy atom. The van der Waals surface area contributed by atoms with Crippen molar-refractivity contribution < 1.29 is 0 Å². The van der Waals surface area contributed by atoms with Crippen LogP contribution >= 0.6 is 34.0 Å². The molecule has 20 rings (SSSR count). The minimum absolute atomic E-state index is 0.497. The Bertz CT molecular complexity index is 6300. The fraction of sp³-hybridized carbons (Fsp3) is 0.0323. The summed E-state index contributed by atoms with van der Waals surface area (Å²) in [4.78, 5) is 5.06. The Morgan fingerprint density at radius 3 is 1.41 bits per heavy atom. The molecule has 0 unspecified atom stereocenters. The van der Waals surface area contributed by atoms with Gasteiger partial charge in [0, 0.05) is 93.8 Å². The number of thiophene rings is 3. The van der Waals surface area contributed by atoms with E-state index in [0.29, 0.717) is 0 Å². The van der Waals surface area contributed by atoms with Gasteiger partial charge in [-0.2, -0.15) is 0 Å². The first-order valence-corrected chi connectivity index (χ1v) is 36.3. The van der Waals surface area contributed by atoms with Crippen LogP contribution < -0.4 is 9.80 Å². The monoisotopic (exact) mass is 1300 g/mol. The van der Waals surface area contributed by atoms with Crippen molar-refractivity contribution in [2.45, 2.75) is 18.3 Å². The summed E-state index contributed by atoms with van der Waals surface area (Å²) in [6.07, 6.45) is 6.77. The number of anilines is 6. The molecular weight excluding hydrogens is 1240 g/mol. The molecule has 0 saturated carbocycles. The van der Waals surface area contributed by atoms with Crippen LogP contribution in [0.2, 0.25) is 0 Å². The average Bonchev–Trinajstić information content (AvgIpc) is 1.52. The standard InChI is InChI=1S/C93H60N2S3/c1-3-24-63(25-4-1)93(64-26-5-2-6-27-64)81-36-16-11-32-72(81)73-48-45-66(58-82(73)93)95(84-38-18-13-30-70(84)60-43-51-89-78(54-60)75-34-14-19-40-87(75)96-89)86-50-49-67(71-31-9-10-33-74(71)86)62-42-47-77-79-55-61(44-52-90(79)98-92(77)56-62)69-29-12-17-37-83(69)94(85-39-21-23-59-22-7-8-28-68(59)85)65-46-53-91-80(57-65)76-35-15-20-41-88(76)97-91/h1-15,17-35,37-58H,16,36H2. The molecule has 460 valence electrons. The molecule has 0 atom stereocenters. The molecule has 0 fully saturated rings. The van der Waals surface area contributed by atoms with Gasteiger partial charge in [-0.05, 0) is 176 Å². The SMILES string of the molecule is C1=CC2=C(CC1)C(c1ccccc1)(c1ccccc1)c1cc(N(c3ccccc3-c3ccc4sc5ccccc5c4c3)c3ccc(-c4ccc5c(c4)sc4ccc(-c6ccccc6N(c6ccc7sc8ccccc8c7c6)c6cccc7ccccc67)cc45)c4ccccc34)ccc12. The number of hydrogen-bond acceptors (Lipinski definition) is 5. The van der Waals surface area contributed by atoms with Crippen molar-refractivity contribution in [2.24, 2.45) is 0 Å². The molecule has 15 aromatic carbocycles. The van der Waals surface area contributed by atoms with Gasteiger partial charge < -0.3 is 9.80 Å². The summed E-state index contributed by atoms with van der Waals surface area (Å²) < 4.78 is 7.73. The summed E-state index contributed by atoms with van der Waals surface area (Å²) >= 11 is 5.61. The average molecular weight is 1300 g/mol. The molecule has 2 aliphatic rings. The van der Waals surface area contributed by atoms with Crippen LogP contribution in [0.3, 0.4) is 0 Å². The summed E-state index contributed by atoms with van der Waals surface area (Å²) in [6.45, 7) is 0. The predicted molar refractivity (Wildman–Crippen MR) is 424 cm³/mol. The Morgan fingerprint density at radius 2 is 0.735 bits per heavy atom. The van der Waals surface area contributed by atoms with E-state index in [-0.39, 0.29) is 0 Å². The van der Waals surface area contributed by atoms with Gasteiger partial charge in [-0.25, -0.2) is 0 Å². The zero-order valence-electron chi connectivity index (χ0n) is 53.4. The number of nitrogens with zero attached hydrogens (tertiary/aromatic N) is 2. The first-order valence-electron chi connectivity index (χ1n) is 33.8. The van der Waals surface area contributed by atoms with E-state index in [9.17, 15) is 0 Å². The zero-order valence-corrected chi connectivity index (χ0v) is 55.8. The quantitative estimate of drug-likeness (QED) is 0.127. The van der Waals surface area contributed by atoms with Gasteiger partial charge in [0.25, 0.3) is 0 Å². The van der Waals surface area contributed by atoms with E-state index in [1.807, 2.05) is 34.0 Å². The van der Waals surface area contributed by atoms with Crippen LogP contribution in [-0.2, 0) is 5.41 Å². The maximum Gasteiger partial charge on any atom is 0.0677 e. The van der Waals surface area contributed by atoms with Gasteiger partial charge in [-0.3, -0.25) is 0 Å². The molecule has 0 radical (unpaired) electrons. The van der Waals surface area contributed by atoms with Gasteiger partial charge in [0.1, 0.15) is 0 Å². The molecule has 2 aliphatic carbocycles. The summed E-state index contributed by atoms with van der Waals surface area (Å²) in [5.41, 5.74) is 21.4. The van der Waals surface area contributed by atoms with Crippen molar-refractivity contribution in [1.29, 1.82) is 0 Å². The third-order valence-electron chi connectivity index (χ3n) is 20.8. The maximum atomic E-state index is 2.57. The fourth-order valence-electron chi connectivity index (χ4n) is 16.5. The predicted octanol–water partition coefficient (Wildman–Crippen LogP) is 27.5. The van der Waals surface area contributed by atoms with Crippen LogP contribution in [0.25, 0.3) is 121 Å². The highest BCUT2D eigenvalue weighted by Crippen LogP contribution is 2.59. The highest BCUT2D eigenvalue weighted by Gasteiger charge is 2.48. The van der Waals surface area contributed by atoms with Crippen molar-refractivity contribution in [1.82, 2.24) is 0 Å². The van der Waals surface area contributed by atoms with Crippen molar-refractivity contribution >= 4 is 156 Å². The molecule has 98 heavy (non-hydrogen) atoms. The number of allylic oxidation sites excluding steroid dienone is 4. The first-order chi connectivity index (χ1) is 48.6. The molecular formula is C93H60N2S3. The summed E-state index contributed by atoms with van der Waals surface area (Å²) in [5.74, 6) is 0.